The molecule has 0 aliphatic carbocycles. The van der Waals surface area contributed by atoms with Crippen molar-refractivity contribution in [1.82, 2.24) is 9.47 Å². The standard InChI is InChI=1S/C15H20N2/c1-3-9-17-10-8-13-12-6-4-5-7-14(12)16(2)15(13)11-17/h4-7H,3,8-11H2,1-2H3. The molecule has 0 fully saturated rings. The quantitative estimate of drug-likeness (QED) is 0.767. The van der Waals surface area contributed by atoms with Crippen LogP contribution in [-0.2, 0) is 20.0 Å². The molecule has 2 heteroatoms. The van der Waals surface area contributed by atoms with E-state index in [1.165, 1.54) is 42.5 Å². The van der Waals surface area contributed by atoms with Crippen LogP contribution in [0.15, 0.2) is 24.3 Å². The van der Waals surface area contributed by atoms with Gasteiger partial charge in [0.2, 0.25) is 0 Å². The molecule has 1 aliphatic rings. The van der Waals surface area contributed by atoms with Crippen molar-refractivity contribution in [2.75, 3.05) is 13.1 Å². The van der Waals surface area contributed by atoms with Crippen molar-refractivity contribution in [3.63, 3.8) is 0 Å². The van der Waals surface area contributed by atoms with Crippen LogP contribution in [0.2, 0.25) is 0 Å². The summed E-state index contributed by atoms with van der Waals surface area (Å²) < 4.78 is 2.38. The molecule has 0 amide bonds. The number of fused-ring (bicyclic) bond motifs is 3. The second kappa shape index (κ2) is 4.19. The fourth-order valence-electron chi connectivity index (χ4n) is 3.07. The van der Waals surface area contributed by atoms with Crippen LogP contribution in [0.25, 0.3) is 10.9 Å². The van der Waals surface area contributed by atoms with Crippen molar-refractivity contribution in [2.45, 2.75) is 26.3 Å². The minimum absolute atomic E-state index is 1.12. The van der Waals surface area contributed by atoms with E-state index >= 15 is 0 Å². The van der Waals surface area contributed by atoms with E-state index in [9.17, 15) is 0 Å². The second-order valence-electron chi connectivity index (χ2n) is 5.03. The third-order valence-electron chi connectivity index (χ3n) is 3.93. The molecule has 0 atom stereocenters. The Morgan fingerprint density at radius 2 is 2.06 bits per heavy atom. The molecule has 1 aliphatic heterocycles. The lowest BCUT2D eigenvalue weighted by molar-refractivity contribution is 0.249. The summed E-state index contributed by atoms with van der Waals surface area (Å²) in [4.78, 5) is 2.57. The van der Waals surface area contributed by atoms with Crippen LogP contribution in [-0.4, -0.2) is 22.6 Å². The van der Waals surface area contributed by atoms with Gasteiger partial charge in [-0.3, -0.25) is 4.90 Å². The maximum atomic E-state index is 2.57. The number of para-hydroxylation sites is 1. The number of aryl methyl sites for hydroxylation is 1. The average molecular weight is 228 g/mol. The molecule has 0 saturated carbocycles. The fraction of sp³-hybridized carbons (Fsp3) is 0.467. The Labute approximate surface area is 103 Å². The molecule has 0 bridgehead atoms. The van der Waals surface area contributed by atoms with Gasteiger partial charge in [-0.25, -0.2) is 0 Å². The number of nitrogens with zero attached hydrogens (tertiary/aromatic N) is 2. The Balaban J connectivity index is 2.08. The highest BCUT2D eigenvalue weighted by Gasteiger charge is 2.21. The van der Waals surface area contributed by atoms with Crippen LogP contribution < -0.4 is 0 Å². The first-order valence-corrected chi connectivity index (χ1v) is 6.58. The first kappa shape index (κ1) is 10.8. The lowest BCUT2D eigenvalue weighted by atomic mass is 10.0. The van der Waals surface area contributed by atoms with Crippen LogP contribution in [0.3, 0.4) is 0 Å². The second-order valence-corrected chi connectivity index (χ2v) is 5.03. The van der Waals surface area contributed by atoms with Gasteiger partial charge in [0.25, 0.3) is 0 Å². The molecule has 0 radical (unpaired) electrons. The zero-order chi connectivity index (χ0) is 11.8. The van der Waals surface area contributed by atoms with Crippen molar-refractivity contribution >= 4 is 10.9 Å². The third-order valence-corrected chi connectivity index (χ3v) is 3.93. The number of aromatic nitrogens is 1. The molecule has 90 valence electrons. The maximum Gasteiger partial charge on any atom is 0.0483 e. The molecule has 0 spiro atoms. The number of hydrogen-bond acceptors (Lipinski definition) is 1. The normalized spacial score (nSPS) is 16.4. The monoisotopic (exact) mass is 228 g/mol. The molecule has 2 heterocycles. The fourth-order valence-corrected chi connectivity index (χ4v) is 3.07. The molecule has 2 aromatic rings. The Hall–Kier alpha value is -1.28. The summed E-state index contributed by atoms with van der Waals surface area (Å²) >= 11 is 0. The summed E-state index contributed by atoms with van der Waals surface area (Å²) in [5.74, 6) is 0. The van der Waals surface area contributed by atoms with Crippen LogP contribution in [0.5, 0.6) is 0 Å². The van der Waals surface area contributed by atoms with Gasteiger partial charge in [-0.15, -0.1) is 0 Å². The van der Waals surface area contributed by atoms with Gasteiger partial charge in [-0.05, 0) is 31.0 Å². The Morgan fingerprint density at radius 3 is 2.88 bits per heavy atom. The predicted molar refractivity (Wildman–Crippen MR) is 72.2 cm³/mol. The molecule has 2 nitrogen and oxygen atoms in total. The van der Waals surface area contributed by atoms with Crippen molar-refractivity contribution < 1.29 is 0 Å². The van der Waals surface area contributed by atoms with Gasteiger partial charge < -0.3 is 4.57 Å². The predicted octanol–water partition coefficient (Wildman–Crippen LogP) is 2.95. The van der Waals surface area contributed by atoms with E-state index < -0.39 is 0 Å². The molecular formula is C15H20N2. The first-order chi connectivity index (χ1) is 8.31. The van der Waals surface area contributed by atoms with Crippen molar-refractivity contribution in [3.05, 3.63) is 35.5 Å². The van der Waals surface area contributed by atoms with Crippen LogP contribution in [0.4, 0.5) is 0 Å². The minimum Gasteiger partial charge on any atom is -0.346 e. The van der Waals surface area contributed by atoms with Gasteiger partial charge in [-0.2, -0.15) is 0 Å². The number of hydrogen-bond donors (Lipinski definition) is 0. The van der Waals surface area contributed by atoms with E-state index in [4.69, 9.17) is 0 Å². The van der Waals surface area contributed by atoms with Gasteiger partial charge in [0.05, 0.1) is 0 Å². The zero-order valence-corrected chi connectivity index (χ0v) is 10.7. The Kier molecular flexibility index (Phi) is 2.67. The molecule has 0 saturated heterocycles. The van der Waals surface area contributed by atoms with Crippen LogP contribution >= 0.6 is 0 Å². The molecule has 1 aromatic heterocycles. The highest BCUT2D eigenvalue weighted by Crippen LogP contribution is 2.29. The first-order valence-electron chi connectivity index (χ1n) is 6.58. The maximum absolute atomic E-state index is 2.57. The zero-order valence-electron chi connectivity index (χ0n) is 10.7. The summed E-state index contributed by atoms with van der Waals surface area (Å²) in [6.45, 7) is 5.82. The minimum atomic E-state index is 1.12. The topological polar surface area (TPSA) is 8.17 Å². The lowest BCUT2D eigenvalue weighted by Crippen LogP contribution is -2.31. The van der Waals surface area contributed by atoms with Gasteiger partial charge in [0.1, 0.15) is 0 Å². The van der Waals surface area contributed by atoms with Gasteiger partial charge in [-0.1, -0.05) is 25.1 Å². The lowest BCUT2D eigenvalue weighted by Gasteiger charge is -2.27. The smallest absolute Gasteiger partial charge is 0.0483 e. The molecular weight excluding hydrogens is 208 g/mol. The molecule has 3 rings (SSSR count). The van der Waals surface area contributed by atoms with E-state index in [-0.39, 0.29) is 0 Å². The summed E-state index contributed by atoms with van der Waals surface area (Å²) in [5, 5.41) is 1.46. The Bertz CT molecular complexity index is 539. The summed E-state index contributed by atoms with van der Waals surface area (Å²) in [6.07, 6.45) is 2.45. The molecule has 0 N–H and O–H groups in total. The van der Waals surface area contributed by atoms with Gasteiger partial charge >= 0.3 is 0 Å². The highest BCUT2D eigenvalue weighted by molar-refractivity contribution is 5.85. The summed E-state index contributed by atoms with van der Waals surface area (Å²) in [5.41, 5.74) is 4.48. The van der Waals surface area contributed by atoms with Crippen LogP contribution in [0.1, 0.15) is 24.6 Å². The van der Waals surface area contributed by atoms with E-state index in [0.717, 1.165) is 6.54 Å². The summed E-state index contributed by atoms with van der Waals surface area (Å²) in [7, 11) is 2.20. The number of benzene rings is 1. The van der Waals surface area contributed by atoms with E-state index in [0.29, 0.717) is 0 Å². The molecule has 0 unspecified atom stereocenters. The van der Waals surface area contributed by atoms with E-state index in [2.05, 4.69) is 47.7 Å². The molecule has 17 heavy (non-hydrogen) atoms. The highest BCUT2D eigenvalue weighted by atomic mass is 15.2. The SMILES string of the molecule is CCCN1CCc2c(n(C)c3ccccc23)C1. The van der Waals surface area contributed by atoms with E-state index in [1.54, 1.807) is 5.56 Å². The van der Waals surface area contributed by atoms with Gasteiger partial charge in [0, 0.05) is 36.7 Å². The van der Waals surface area contributed by atoms with Crippen molar-refractivity contribution in [1.29, 1.82) is 0 Å². The number of rotatable bonds is 2. The third kappa shape index (κ3) is 1.67. The summed E-state index contributed by atoms with van der Waals surface area (Å²) in [6, 6.07) is 8.79. The Morgan fingerprint density at radius 1 is 1.24 bits per heavy atom. The van der Waals surface area contributed by atoms with Crippen molar-refractivity contribution in [3.8, 4) is 0 Å². The van der Waals surface area contributed by atoms with Gasteiger partial charge in [0.15, 0.2) is 0 Å². The largest absolute Gasteiger partial charge is 0.346 e. The average Bonchev–Trinajstić information content (AvgIpc) is 2.65. The van der Waals surface area contributed by atoms with E-state index in [1.807, 2.05) is 0 Å². The van der Waals surface area contributed by atoms with Crippen LogP contribution in [0, 0.1) is 0 Å². The van der Waals surface area contributed by atoms with Crippen molar-refractivity contribution in [2.24, 2.45) is 7.05 Å². The molecule has 1 aromatic carbocycles.